The van der Waals surface area contributed by atoms with E-state index < -0.39 is 0 Å². The summed E-state index contributed by atoms with van der Waals surface area (Å²) < 4.78 is 13.0. The van der Waals surface area contributed by atoms with Crippen molar-refractivity contribution >= 4 is 11.8 Å². The van der Waals surface area contributed by atoms with Crippen molar-refractivity contribution < 1.29 is 14.0 Å². The Morgan fingerprint density at radius 3 is 2.46 bits per heavy atom. The van der Waals surface area contributed by atoms with Gasteiger partial charge in [-0.05, 0) is 31.0 Å². The second-order valence-corrected chi connectivity index (χ2v) is 6.37. The van der Waals surface area contributed by atoms with Crippen molar-refractivity contribution in [2.75, 3.05) is 39.8 Å². The van der Waals surface area contributed by atoms with Gasteiger partial charge in [-0.25, -0.2) is 4.39 Å². The summed E-state index contributed by atoms with van der Waals surface area (Å²) in [6, 6.07) is 6.13. The molecule has 0 radical (unpaired) electrons. The van der Waals surface area contributed by atoms with Crippen LogP contribution in [0.4, 0.5) is 4.39 Å². The van der Waals surface area contributed by atoms with Gasteiger partial charge >= 0.3 is 0 Å². The van der Waals surface area contributed by atoms with Crippen LogP contribution in [0.5, 0.6) is 0 Å². The third-order valence-corrected chi connectivity index (χ3v) is 4.72. The normalized spacial score (nSPS) is 17.2. The summed E-state index contributed by atoms with van der Waals surface area (Å²) in [4.78, 5) is 29.6. The average molecular weight is 335 g/mol. The summed E-state index contributed by atoms with van der Waals surface area (Å²) in [7, 11) is 1.77. The zero-order valence-electron chi connectivity index (χ0n) is 14.7. The number of rotatable bonds is 4. The molecule has 6 heteroatoms. The van der Waals surface area contributed by atoms with Crippen LogP contribution in [0.3, 0.4) is 0 Å². The van der Waals surface area contributed by atoms with E-state index in [1.807, 2.05) is 11.8 Å². The van der Waals surface area contributed by atoms with Crippen LogP contribution >= 0.6 is 0 Å². The van der Waals surface area contributed by atoms with Crippen LogP contribution in [0.25, 0.3) is 0 Å². The second-order valence-electron chi connectivity index (χ2n) is 6.37. The maximum atomic E-state index is 13.0. The Hall–Kier alpha value is -1.95. The molecular weight excluding hydrogens is 309 g/mol. The Labute approximate surface area is 143 Å². The summed E-state index contributed by atoms with van der Waals surface area (Å²) in [6.45, 7) is 6.80. The van der Waals surface area contributed by atoms with E-state index in [4.69, 9.17) is 0 Å². The smallest absolute Gasteiger partial charge is 0.236 e. The molecule has 1 aromatic carbocycles. The van der Waals surface area contributed by atoms with Crippen LogP contribution in [-0.2, 0) is 9.59 Å². The molecule has 0 aromatic heterocycles. The third kappa shape index (κ3) is 4.77. The van der Waals surface area contributed by atoms with Crippen LogP contribution in [0.1, 0.15) is 31.9 Å². The molecule has 0 aliphatic carbocycles. The molecule has 0 bridgehead atoms. The number of benzene rings is 1. The fourth-order valence-corrected chi connectivity index (χ4v) is 2.93. The highest BCUT2D eigenvalue weighted by molar-refractivity contribution is 5.78. The van der Waals surface area contributed by atoms with Gasteiger partial charge in [-0.1, -0.05) is 12.1 Å². The lowest BCUT2D eigenvalue weighted by atomic mass is 10.1. The maximum Gasteiger partial charge on any atom is 0.236 e. The minimum atomic E-state index is -0.278. The largest absolute Gasteiger partial charge is 0.342 e. The van der Waals surface area contributed by atoms with Crippen LogP contribution in [0.15, 0.2) is 24.3 Å². The molecular formula is C18H26FN3O2. The molecule has 1 aliphatic heterocycles. The lowest BCUT2D eigenvalue weighted by Gasteiger charge is -2.28. The monoisotopic (exact) mass is 335 g/mol. The number of nitrogens with zero attached hydrogens (tertiary/aromatic N) is 3. The van der Waals surface area contributed by atoms with Gasteiger partial charge < -0.3 is 9.80 Å². The van der Waals surface area contributed by atoms with Gasteiger partial charge in [-0.3, -0.25) is 14.5 Å². The Kier molecular flexibility index (Phi) is 6.31. The number of carbonyl (C=O) groups is 2. The van der Waals surface area contributed by atoms with Crippen LogP contribution < -0.4 is 0 Å². The van der Waals surface area contributed by atoms with Crippen LogP contribution in [-0.4, -0.2) is 66.3 Å². The van der Waals surface area contributed by atoms with Gasteiger partial charge in [-0.2, -0.15) is 0 Å². The van der Waals surface area contributed by atoms with E-state index >= 15 is 0 Å². The molecule has 0 saturated carbocycles. The average Bonchev–Trinajstić information content (AvgIpc) is 2.80. The van der Waals surface area contributed by atoms with Crippen LogP contribution in [0.2, 0.25) is 0 Å². The molecule has 132 valence electrons. The molecule has 24 heavy (non-hydrogen) atoms. The molecule has 0 N–H and O–H groups in total. The molecule has 1 saturated heterocycles. The van der Waals surface area contributed by atoms with E-state index in [2.05, 4.69) is 4.90 Å². The number of amides is 2. The first-order valence-corrected chi connectivity index (χ1v) is 8.37. The molecule has 2 rings (SSSR count). The maximum absolute atomic E-state index is 13.0. The number of hydrogen-bond acceptors (Lipinski definition) is 3. The standard InChI is InChI=1S/C18H26FN3O2/c1-14(16-5-7-17(19)8-6-16)20(3)18(24)13-21-9-4-10-22(12-11-21)15(2)23/h5-8,14H,4,9-13H2,1-3H3. The molecule has 1 heterocycles. The van der Waals surface area contributed by atoms with Crippen molar-refractivity contribution in [2.45, 2.75) is 26.3 Å². The highest BCUT2D eigenvalue weighted by Crippen LogP contribution is 2.19. The summed E-state index contributed by atoms with van der Waals surface area (Å²) in [5.41, 5.74) is 0.908. The Balaban J connectivity index is 1.91. The van der Waals surface area contributed by atoms with Crippen molar-refractivity contribution in [3.8, 4) is 0 Å². The molecule has 1 fully saturated rings. The van der Waals surface area contributed by atoms with E-state index in [9.17, 15) is 14.0 Å². The molecule has 1 aromatic rings. The first-order valence-electron chi connectivity index (χ1n) is 8.37. The molecule has 2 amide bonds. The molecule has 1 unspecified atom stereocenters. The Bertz CT molecular complexity index is 576. The van der Waals surface area contributed by atoms with Crippen molar-refractivity contribution in [3.63, 3.8) is 0 Å². The van der Waals surface area contributed by atoms with E-state index in [1.54, 1.807) is 31.0 Å². The fourth-order valence-electron chi connectivity index (χ4n) is 2.93. The lowest BCUT2D eigenvalue weighted by Crippen LogP contribution is -2.41. The molecule has 5 nitrogen and oxygen atoms in total. The zero-order chi connectivity index (χ0) is 17.7. The van der Waals surface area contributed by atoms with Crippen molar-refractivity contribution in [1.82, 2.24) is 14.7 Å². The summed E-state index contributed by atoms with van der Waals surface area (Å²) in [6.07, 6.45) is 0.879. The zero-order valence-corrected chi connectivity index (χ0v) is 14.7. The van der Waals surface area contributed by atoms with Crippen LogP contribution in [0, 0.1) is 5.82 Å². The quantitative estimate of drug-likeness (QED) is 0.844. The van der Waals surface area contributed by atoms with Crippen molar-refractivity contribution in [1.29, 1.82) is 0 Å². The first kappa shape index (κ1) is 18.4. The minimum absolute atomic E-state index is 0.0306. The fraction of sp³-hybridized carbons (Fsp3) is 0.556. The van der Waals surface area contributed by atoms with Gasteiger partial charge in [0.2, 0.25) is 11.8 Å². The van der Waals surface area contributed by atoms with Crippen molar-refractivity contribution in [2.24, 2.45) is 0 Å². The molecule has 0 spiro atoms. The van der Waals surface area contributed by atoms with E-state index in [0.29, 0.717) is 19.6 Å². The van der Waals surface area contributed by atoms with E-state index in [0.717, 1.165) is 25.1 Å². The second kappa shape index (κ2) is 8.24. The predicted molar refractivity (Wildman–Crippen MR) is 90.9 cm³/mol. The summed E-state index contributed by atoms with van der Waals surface area (Å²) in [5, 5.41) is 0. The number of halogens is 1. The van der Waals surface area contributed by atoms with Gasteiger partial charge in [0.05, 0.1) is 12.6 Å². The summed E-state index contributed by atoms with van der Waals surface area (Å²) >= 11 is 0. The Morgan fingerprint density at radius 1 is 1.17 bits per heavy atom. The predicted octanol–water partition coefficient (Wildman–Crippen LogP) is 1.90. The van der Waals surface area contributed by atoms with E-state index in [1.165, 1.54) is 12.1 Å². The van der Waals surface area contributed by atoms with Gasteiger partial charge in [0.15, 0.2) is 0 Å². The van der Waals surface area contributed by atoms with Gasteiger partial charge in [0, 0.05) is 40.2 Å². The Morgan fingerprint density at radius 2 is 1.83 bits per heavy atom. The lowest BCUT2D eigenvalue weighted by molar-refractivity contribution is -0.133. The highest BCUT2D eigenvalue weighted by atomic mass is 19.1. The third-order valence-electron chi connectivity index (χ3n) is 4.72. The van der Waals surface area contributed by atoms with Gasteiger partial charge in [0.1, 0.15) is 5.82 Å². The first-order chi connectivity index (χ1) is 11.4. The number of carbonyl (C=O) groups excluding carboxylic acids is 2. The number of likely N-dealkylation sites (N-methyl/N-ethyl adjacent to an activating group) is 1. The minimum Gasteiger partial charge on any atom is -0.342 e. The number of hydrogen-bond donors (Lipinski definition) is 0. The topological polar surface area (TPSA) is 43.9 Å². The van der Waals surface area contributed by atoms with Crippen molar-refractivity contribution in [3.05, 3.63) is 35.6 Å². The highest BCUT2D eigenvalue weighted by Gasteiger charge is 2.22. The SMILES string of the molecule is CC(=O)N1CCCN(CC(=O)N(C)C(C)c2ccc(F)cc2)CC1. The molecule has 1 aliphatic rings. The summed E-state index contributed by atoms with van der Waals surface area (Å²) in [5.74, 6) is -0.159. The van der Waals surface area contributed by atoms with Gasteiger partial charge in [0.25, 0.3) is 0 Å². The van der Waals surface area contributed by atoms with Gasteiger partial charge in [-0.15, -0.1) is 0 Å². The molecule has 1 atom stereocenters. The van der Waals surface area contributed by atoms with E-state index in [-0.39, 0.29) is 23.7 Å².